The largest absolute Gasteiger partial charge is 0.260 e. The minimum absolute atomic E-state index is 0.521. The summed E-state index contributed by atoms with van der Waals surface area (Å²) in [5.74, 6) is 1.09. The second kappa shape index (κ2) is 4.40. The molecule has 0 bridgehead atoms. The van der Waals surface area contributed by atoms with E-state index in [0.29, 0.717) is 11.8 Å². The first kappa shape index (κ1) is 11.0. The van der Waals surface area contributed by atoms with Crippen molar-refractivity contribution in [2.24, 2.45) is 0 Å². The van der Waals surface area contributed by atoms with E-state index in [1.165, 1.54) is 14.8 Å². The normalized spacial score (nSPS) is 11.3. The van der Waals surface area contributed by atoms with Gasteiger partial charge in [0.25, 0.3) is 0 Å². The molecule has 1 aromatic heterocycles. The molecule has 0 unspecified atom stereocenters. The highest BCUT2D eigenvalue weighted by atomic mass is 127. The van der Waals surface area contributed by atoms with E-state index in [-0.39, 0.29) is 0 Å². The third-order valence-corrected chi connectivity index (χ3v) is 2.97. The molecule has 0 radical (unpaired) electrons. The van der Waals surface area contributed by atoms with E-state index in [1.807, 2.05) is 6.20 Å². The molecular weight excluding hydrogens is 273 g/mol. The molecule has 0 saturated heterocycles. The van der Waals surface area contributed by atoms with Gasteiger partial charge in [-0.1, -0.05) is 27.7 Å². The van der Waals surface area contributed by atoms with Crippen LogP contribution in [-0.2, 0) is 0 Å². The smallest absolute Gasteiger partial charge is 0.0562 e. The predicted octanol–water partition coefficient (Wildman–Crippen LogP) is 3.93. The van der Waals surface area contributed by atoms with Gasteiger partial charge >= 0.3 is 0 Å². The summed E-state index contributed by atoms with van der Waals surface area (Å²) in [6.07, 6.45) is 2.00. The fourth-order valence-corrected chi connectivity index (χ4v) is 2.33. The molecule has 0 atom stereocenters. The number of hydrogen-bond donors (Lipinski definition) is 0. The van der Waals surface area contributed by atoms with Crippen molar-refractivity contribution >= 4 is 22.6 Å². The SMILES string of the molecule is CC(C)c1cnc(C(C)C)c(I)c1. The molecule has 0 amide bonds. The van der Waals surface area contributed by atoms with E-state index in [0.717, 1.165) is 0 Å². The number of hydrogen-bond acceptors (Lipinski definition) is 1. The third-order valence-electron chi connectivity index (χ3n) is 2.10. The summed E-state index contributed by atoms with van der Waals surface area (Å²) in [5, 5.41) is 0. The third kappa shape index (κ3) is 2.66. The lowest BCUT2D eigenvalue weighted by molar-refractivity contribution is 0.795. The maximum atomic E-state index is 4.49. The van der Waals surface area contributed by atoms with E-state index in [9.17, 15) is 0 Å². The molecule has 72 valence electrons. The van der Waals surface area contributed by atoms with Crippen LogP contribution >= 0.6 is 22.6 Å². The molecule has 2 heteroatoms. The molecule has 0 fully saturated rings. The van der Waals surface area contributed by atoms with Crippen LogP contribution in [0.1, 0.15) is 50.8 Å². The maximum absolute atomic E-state index is 4.49. The van der Waals surface area contributed by atoms with Crippen molar-refractivity contribution in [2.45, 2.75) is 39.5 Å². The second-order valence-electron chi connectivity index (χ2n) is 3.95. The monoisotopic (exact) mass is 289 g/mol. The summed E-state index contributed by atoms with van der Waals surface area (Å²) < 4.78 is 1.29. The van der Waals surface area contributed by atoms with Crippen LogP contribution in [0.4, 0.5) is 0 Å². The Kier molecular flexibility index (Phi) is 3.71. The summed E-state index contributed by atoms with van der Waals surface area (Å²) in [7, 11) is 0. The Balaban J connectivity index is 3.06. The lowest BCUT2D eigenvalue weighted by atomic mass is 10.0. The van der Waals surface area contributed by atoms with Crippen molar-refractivity contribution in [1.29, 1.82) is 0 Å². The van der Waals surface area contributed by atoms with Gasteiger partial charge in [0.1, 0.15) is 0 Å². The number of pyridine rings is 1. The minimum atomic E-state index is 0.521. The molecule has 0 N–H and O–H groups in total. The Morgan fingerprint density at radius 1 is 1.15 bits per heavy atom. The zero-order chi connectivity index (χ0) is 10.0. The first-order chi connectivity index (χ1) is 6.02. The van der Waals surface area contributed by atoms with Crippen LogP contribution in [0.15, 0.2) is 12.3 Å². The standard InChI is InChI=1S/C11H16IN/c1-7(2)9-5-10(12)11(8(3)4)13-6-9/h5-8H,1-4H3. The Hall–Kier alpha value is -0.120. The average molecular weight is 289 g/mol. The molecule has 1 heterocycles. The van der Waals surface area contributed by atoms with Crippen LogP contribution in [0.2, 0.25) is 0 Å². The molecular formula is C11H16IN. The van der Waals surface area contributed by atoms with Crippen molar-refractivity contribution in [3.05, 3.63) is 27.1 Å². The summed E-state index contributed by atoms with van der Waals surface area (Å²) in [6, 6.07) is 2.24. The quantitative estimate of drug-likeness (QED) is 0.752. The van der Waals surface area contributed by atoms with Gasteiger partial charge in [-0.2, -0.15) is 0 Å². The molecule has 1 nitrogen and oxygen atoms in total. The Labute approximate surface area is 94.1 Å². The van der Waals surface area contributed by atoms with Crippen molar-refractivity contribution in [3.63, 3.8) is 0 Å². The zero-order valence-corrected chi connectivity index (χ0v) is 10.8. The number of aromatic nitrogens is 1. The van der Waals surface area contributed by atoms with Crippen molar-refractivity contribution in [3.8, 4) is 0 Å². The number of halogens is 1. The molecule has 0 aliphatic rings. The molecule has 1 aromatic rings. The van der Waals surface area contributed by atoms with Gasteiger partial charge in [-0.25, -0.2) is 0 Å². The van der Waals surface area contributed by atoms with E-state index in [4.69, 9.17) is 0 Å². The summed E-state index contributed by atoms with van der Waals surface area (Å²) >= 11 is 2.37. The van der Waals surface area contributed by atoms with Gasteiger partial charge in [0.15, 0.2) is 0 Å². The lowest BCUT2D eigenvalue weighted by Crippen LogP contribution is -1.99. The first-order valence-electron chi connectivity index (χ1n) is 4.67. The molecule has 0 aliphatic carbocycles. The van der Waals surface area contributed by atoms with Crippen LogP contribution in [0, 0.1) is 3.57 Å². The fourth-order valence-electron chi connectivity index (χ4n) is 1.20. The number of rotatable bonds is 2. The lowest BCUT2D eigenvalue weighted by Gasteiger charge is -2.10. The molecule has 0 aliphatic heterocycles. The Morgan fingerprint density at radius 3 is 2.15 bits per heavy atom. The van der Waals surface area contributed by atoms with Gasteiger partial charge in [0.2, 0.25) is 0 Å². The minimum Gasteiger partial charge on any atom is -0.260 e. The van der Waals surface area contributed by atoms with E-state index in [2.05, 4.69) is 61.3 Å². The molecule has 0 saturated carbocycles. The average Bonchev–Trinajstić information content (AvgIpc) is 2.03. The highest BCUT2D eigenvalue weighted by Gasteiger charge is 2.08. The zero-order valence-electron chi connectivity index (χ0n) is 8.63. The van der Waals surface area contributed by atoms with Crippen LogP contribution in [0.3, 0.4) is 0 Å². The van der Waals surface area contributed by atoms with Gasteiger partial charge in [0, 0.05) is 9.77 Å². The van der Waals surface area contributed by atoms with Crippen LogP contribution in [0.25, 0.3) is 0 Å². The van der Waals surface area contributed by atoms with Crippen LogP contribution in [0.5, 0.6) is 0 Å². The highest BCUT2D eigenvalue weighted by molar-refractivity contribution is 14.1. The molecule has 0 aromatic carbocycles. The van der Waals surface area contributed by atoms with Gasteiger partial charge in [-0.05, 0) is 46.1 Å². The topological polar surface area (TPSA) is 12.9 Å². The van der Waals surface area contributed by atoms with Crippen molar-refractivity contribution < 1.29 is 0 Å². The Morgan fingerprint density at radius 2 is 1.77 bits per heavy atom. The van der Waals surface area contributed by atoms with Gasteiger partial charge in [-0.15, -0.1) is 0 Å². The molecule has 0 spiro atoms. The van der Waals surface area contributed by atoms with E-state index >= 15 is 0 Å². The fraction of sp³-hybridized carbons (Fsp3) is 0.545. The summed E-state index contributed by atoms with van der Waals surface area (Å²) in [6.45, 7) is 8.75. The van der Waals surface area contributed by atoms with Crippen molar-refractivity contribution in [2.75, 3.05) is 0 Å². The maximum Gasteiger partial charge on any atom is 0.0562 e. The van der Waals surface area contributed by atoms with Gasteiger partial charge < -0.3 is 0 Å². The van der Waals surface area contributed by atoms with Crippen LogP contribution < -0.4 is 0 Å². The predicted molar refractivity (Wildman–Crippen MR) is 65.1 cm³/mol. The van der Waals surface area contributed by atoms with Crippen LogP contribution in [-0.4, -0.2) is 4.98 Å². The summed E-state index contributed by atoms with van der Waals surface area (Å²) in [4.78, 5) is 4.49. The Bertz CT molecular complexity index is 292. The second-order valence-corrected chi connectivity index (χ2v) is 5.11. The van der Waals surface area contributed by atoms with E-state index in [1.54, 1.807) is 0 Å². The first-order valence-corrected chi connectivity index (χ1v) is 5.75. The van der Waals surface area contributed by atoms with Gasteiger partial charge in [0.05, 0.1) is 5.69 Å². The summed E-state index contributed by atoms with van der Waals surface area (Å²) in [5.41, 5.74) is 2.54. The highest BCUT2D eigenvalue weighted by Crippen LogP contribution is 2.22. The van der Waals surface area contributed by atoms with E-state index < -0.39 is 0 Å². The molecule has 13 heavy (non-hydrogen) atoms. The van der Waals surface area contributed by atoms with Crippen molar-refractivity contribution in [1.82, 2.24) is 4.98 Å². The molecule has 1 rings (SSSR count). The number of nitrogens with zero attached hydrogens (tertiary/aromatic N) is 1. The van der Waals surface area contributed by atoms with Gasteiger partial charge in [-0.3, -0.25) is 4.98 Å².